The highest BCUT2D eigenvalue weighted by Gasteiger charge is 2.42. The number of halogens is 6. The average molecular weight is 517 g/mol. The Hall–Kier alpha value is -3.78. The van der Waals surface area contributed by atoms with Crippen molar-refractivity contribution in [2.45, 2.75) is 24.6 Å². The van der Waals surface area contributed by atoms with Crippen molar-refractivity contribution in [2.24, 2.45) is 0 Å². The van der Waals surface area contributed by atoms with Gasteiger partial charge in [-0.05, 0) is 36.4 Å². The van der Waals surface area contributed by atoms with Crippen molar-refractivity contribution in [2.75, 3.05) is 23.4 Å². The molecule has 0 spiro atoms. The van der Waals surface area contributed by atoms with Gasteiger partial charge in [0, 0.05) is 34.9 Å². The van der Waals surface area contributed by atoms with Crippen LogP contribution in [0.5, 0.6) is 5.88 Å². The molecule has 1 aromatic heterocycles. The van der Waals surface area contributed by atoms with Crippen LogP contribution in [0.3, 0.4) is 0 Å². The highest BCUT2D eigenvalue weighted by Crippen LogP contribution is 2.39. The predicted molar refractivity (Wildman–Crippen MR) is 113 cm³/mol. The van der Waals surface area contributed by atoms with Gasteiger partial charge in [0.05, 0.1) is 17.7 Å². The number of nitrogens with zero attached hydrogens (tertiary/aromatic N) is 1. The van der Waals surface area contributed by atoms with E-state index in [1.54, 1.807) is 0 Å². The standard InChI is InChI=1S/C22H17F6N3O5/c23-21(24,25)11-6-12(22(26,27)28)8-14(7-11)31-3-4-36-17(20(31)35)16(32)19(34)30-13-1-2-15-10(5-13)9-29-18(15)33/h1-2,5-9,16-17,29,32-33H,3-4H2,(H,30,34)/t16-,17-/m1/s1. The normalized spacial score (nSPS) is 17.9. The van der Waals surface area contributed by atoms with Crippen molar-refractivity contribution in [3.05, 3.63) is 53.7 Å². The fraction of sp³-hybridized carbons (Fsp3) is 0.273. The van der Waals surface area contributed by atoms with Crippen molar-refractivity contribution >= 4 is 34.0 Å². The third kappa shape index (κ3) is 4.95. The Morgan fingerprint density at radius 1 is 1.08 bits per heavy atom. The molecule has 14 heteroatoms. The van der Waals surface area contributed by atoms with Gasteiger partial charge in [-0.2, -0.15) is 26.3 Å². The second-order valence-electron chi connectivity index (χ2n) is 7.92. The summed E-state index contributed by atoms with van der Waals surface area (Å²) in [6.07, 6.45) is -12.8. The fourth-order valence-corrected chi connectivity index (χ4v) is 3.74. The first-order chi connectivity index (χ1) is 16.8. The van der Waals surface area contributed by atoms with Crippen LogP contribution in [0.25, 0.3) is 10.8 Å². The van der Waals surface area contributed by atoms with Gasteiger partial charge in [0.1, 0.15) is 0 Å². The van der Waals surface area contributed by atoms with Crippen molar-refractivity contribution in [1.82, 2.24) is 4.98 Å². The molecule has 1 aliphatic heterocycles. The van der Waals surface area contributed by atoms with Gasteiger partial charge in [0.2, 0.25) is 0 Å². The summed E-state index contributed by atoms with van der Waals surface area (Å²) in [5.74, 6) is -2.40. The lowest BCUT2D eigenvalue weighted by Gasteiger charge is -2.34. The molecule has 0 saturated carbocycles. The largest absolute Gasteiger partial charge is 0.494 e. The second kappa shape index (κ2) is 9.02. The average Bonchev–Trinajstić information content (AvgIpc) is 3.17. The van der Waals surface area contributed by atoms with Crippen LogP contribution < -0.4 is 10.2 Å². The van der Waals surface area contributed by atoms with E-state index in [1.165, 1.54) is 24.4 Å². The van der Waals surface area contributed by atoms with Gasteiger partial charge in [-0.3, -0.25) is 9.59 Å². The molecule has 2 aromatic carbocycles. The molecular weight excluding hydrogens is 500 g/mol. The second-order valence-corrected chi connectivity index (χ2v) is 7.92. The summed E-state index contributed by atoms with van der Waals surface area (Å²) in [4.78, 5) is 28.6. The van der Waals surface area contributed by atoms with E-state index in [9.17, 15) is 46.1 Å². The number of amides is 2. The number of ether oxygens (including phenoxy) is 1. The molecule has 2 amide bonds. The molecule has 1 fully saturated rings. The van der Waals surface area contributed by atoms with Gasteiger partial charge in [-0.15, -0.1) is 0 Å². The van der Waals surface area contributed by atoms with Crippen LogP contribution in [0, 0.1) is 0 Å². The Labute approximate surface area is 198 Å². The summed E-state index contributed by atoms with van der Waals surface area (Å²) in [6.45, 7) is -0.775. The number of rotatable bonds is 4. The van der Waals surface area contributed by atoms with Crippen molar-refractivity contribution in [3.8, 4) is 5.88 Å². The maximum atomic E-state index is 13.2. The number of anilines is 2. The molecule has 2 atom stereocenters. The molecule has 4 rings (SSSR count). The number of morpholine rings is 1. The lowest BCUT2D eigenvalue weighted by atomic mass is 10.0. The van der Waals surface area contributed by atoms with Crippen LogP contribution in [-0.4, -0.2) is 52.4 Å². The number of aromatic hydroxyl groups is 1. The highest BCUT2D eigenvalue weighted by atomic mass is 19.4. The van der Waals surface area contributed by atoms with Gasteiger partial charge in [0.15, 0.2) is 18.1 Å². The van der Waals surface area contributed by atoms with Gasteiger partial charge < -0.3 is 30.2 Å². The van der Waals surface area contributed by atoms with E-state index in [-0.39, 0.29) is 24.2 Å². The number of carbonyl (C=O) groups is 2. The van der Waals surface area contributed by atoms with E-state index in [1.807, 2.05) is 0 Å². The maximum Gasteiger partial charge on any atom is 0.416 e. The van der Waals surface area contributed by atoms with Gasteiger partial charge >= 0.3 is 12.4 Å². The van der Waals surface area contributed by atoms with Crippen LogP contribution in [0.2, 0.25) is 0 Å². The topological polar surface area (TPSA) is 115 Å². The third-order valence-electron chi connectivity index (χ3n) is 5.50. The van der Waals surface area contributed by atoms with E-state index in [4.69, 9.17) is 4.74 Å². The molecule has 36 heavy (non-hydrogen) atoms. The summed E-state index contributed by atoms with van der Waals surface area (Å²) in [6, 6.07) is 5.01. The summed E-state index contributed by atoms with van der Waals surface area (Å²) in [7, 11) is 0. The number of benzene rings is 2. The maximum absolute atomic E-state index is 13.2. The first-order valence-electron chi connectivity index (χ1n) is 10.3. The Bertz CT molecular complexity index is 1290. The molecule has 0 bridgehead atoms. The molecule has 4 N–H and O–H groups in total. The van der Waals surface area contributed by atoms with Crippen molar-refractivity contribution in [1.29, 1.82) is 0 Å². The number of hydrogen-bond donors (Lipinski definition) is 4. The molecule has 1 aliphatic rings. The van der Waals surface area contributed by atoms with Crippen molar-refractivity contribution in [3.63, 3.8) is 0 Å². The molecule has 192 valence electrons. The number of carbonyl (C=O) groups excluding carboxylic acids is 2. The van der Waals surface area contributed by atoms with E-state index in [0.29, 0.717) is 27.8 Å². The minimum absolute atomic E-state index is 0.0741. The predicted octanol–water partition coefficient (Wildman–Crippen LogP) is 3.64. The summed E-state index contributed by atoms with van der Waals surface area (Å²) in [5, 5.41) is 23.4. The van der Waals surface area contributed by atoms with E-state index >= 15 is 0 Å². The minimum Gasteiger partial charge on any atom is -0.494 e. The van der Waals surface area contributed by atoms with E-state index in [2.05, 4.69) is 10.3 Å². The quantitative estimate of drug-likeness (QED) is 0.395. The SMILES string of the molecule is O=C(Nc1ccc2c(O)[nH]cc2c1)[C@H](O)[C@H]1OCCN(c2cc(C(F)(F)F)cc(C(F)(F)F)c2)C1=O. The number of alkyl halides is 6. The highest BCUT2D eigenvalue weighted by molar-refractivity contribution is 6.04. The first kappa shape index (κ1) is 25.3. The monoisotopic (exact) mass is 517 g/mol. The fourth-order valence-electron chi connectivity index (χ4n) is 3.74. The molecular formula is C22H17F6N3O5. The van der Waals surface area contributed by atoms with E-state index < -0.39 is 59.7 Å². The molecule has 0 aliphatic carbocycles. The molecule has 2 heterocycles. The number of hydrogen-bond acceptors (Lipinski definition) is 5. The zero-order valence-corrected chi connectivity index (χ0v) is 17.9. The summed E-state index contributed by atoms with van der Waals surface area (Å²) in [5.41, 5.74) is -3.76. The molecule has 8 nitrogen and oxygen atoms in total. The zero-order chi connectivity index (χ0) is 26.4. The molecule has 3 aromatic rings. The number of aromatic amines is 1. The lowest BCUT2D eigenvalue weighted by Crippen LogP contribution is -2.55. The number of aliphatic hydroxyl groups excluding tert-OH is 1. The summed E-state index contributed by atoms with van der Waals surface area (Å²) < 4.78 is 84.4. The minimum atomic E-state index is -5.12. The van der Waals surface area contributed by atoms with Gasteiger partial charge in [-0.1, -0.05) is 0 Å². The van der Waals surface area contributed by atoms with Crippen LogP contribution in [0.1, 0.15) is 11.1 Å². The number of aromatic nitrogens is 1. The van der Waals surface area contributed by atoms with Crippen LogP contribution >= 0.6 is 0 Å². The summed E-state index contributed by atoms with van der Waals surface area (Å²) >= 11 is 0. The number of aliphatic hydroxyl groups is 1. The smallest absolute Gasteiger partial charge is 0.416 e. The van der Waals surface area contributed by atoms with E-state index in [0.717, 1.165) is 0 Å². The zero-order valence-electron chi connectivity index (χ0n) is 17.9. The molecule has 0 unspecified atom stereocenters. The number of nitrogens with one attached hydrogen (secondary N) is 2. The first-order valence-corrected chi connectivity index (χ1v) is 10.3. The Kier molecular flexibility index (Phi) is 6.34. The van der Waals surface area contributed by atoms with Gasteiger partial charge in [-0.25, -0.2) is 0 Å². The molecule has 1 saturated heterocycles. The van der Waals surface area contributed by atoms with Crippen LogP contribution in [0.4, 0.5) is 37.7 Å². The van der Waals surface area contributed by atoms with Gasteiger partial charge in [0.25, 0.3) is 11.8 Å². The Morgan fingerprint density at radius 2 is 1.72 bits per heavy atom. The lowest BCUT2D eigenvalue weighted by molar-refractivity contribution is -0.150. The molecule has 0 radical (unpaired) electrons. The third-order valence-corrected chi connectivity index (χ3v) is 5.50. The van der Waals surface area contributed by atoms with Crippen molar-refractivity contribution < 1.29 is 50.9 Å². The number of fused-ring (bicyclic) bond motifs is 1. The van der Waals surface area contributed by atoms with Crippen LogP contribution in [-0.2, 0) is 26.7 Å². The Balaban J connectivity index is 1.57. The number of H-pyrrole nitrogens is 1. The van der Waals surface area contributed by atoms with Crippen LogP contribution in [0.15, 0.2) is 42.6 Å². The Morgan fingerprint density at radius 3 is 2.33 bits per heavy atom.